The van der Waals surface area contributed by atoms with Crippen molar-refractivity contribution in [3.63, 3.8) is 0 Å². The summed E-state index contributed by atoms with van der Waals surface area (Å²) in [5.41, 5.74) is 0.993. The van der Waals surface area contributed by atoms with E-state index in [1.54, 1.807) is 6.07 Å². The van der Waals surface area contributed by atoms with Gasteiger partial charge in [0.05, 0.1) is 0 Å². The van der Waals surface area contributed by atoms with Crippen LogP contribution in [-0.2, 0) is 0 Å². The highest BCUT2D eigenvalue weighted by Crippen LogP contribution is 2.28. The normalized spacial score (nSPS) is 23.0. The van der Waals surface area contributed by atoms with Crippen LogP contribution in [0.4, 0.5) is 4.39 Å². The lowest BCUT2D eigenvalue weighted by molar-refractivity contribution is 0.202. The van der Waals surface area contributed by atoms with Crippen molar-refractivity contribution in [1.29, 1.82) is 0 Å². The van der Waals surface area contributed by atoms with Gasteiger partial charge in [-0.15, -0.1) is 0 Å². The van der Waals surface area contributed by atoms with E-state index < -0.39 is 0 Å². The van der Waals surface area contributed by atoms with Crippen molar-refractivity contribution >= 4 is 11.6 Å². The zero-order chi connectivity index (χ0) is 10.8. The van der Waals surface area contributed by atoms with Crippen molar-refractivity contribution in [2.45, 2.75) is 6.04 Å². The van der Waals surface area contributed by atoms with Crippen LogP contribution >= 0.6 is 11.6 Å². The Labute approximate surface area is 94.0 Å². The molecule has 2 nitrogen and oxygen atoms in total. The van der Waals surface area contributed by atoms with Gasteiger partial charge in [-0.1, -0.05) is 17.7 Å². The van der Waals surface area contributed by atoms with Gasteiger partial charge in [0.25, 0.3) is 0 Å². The van der Waals surface area contributed by atoms with Gasteiger partial charge in [-0.3, -0.25) is 4.90 Å². The Morgan fingerprint density at radius 2 is 2.33 bits per heavy atom. The summed E-state index contributed by atoms with van der Waals surface area (Å²) in [4.78, 5) is 2.23. The van der Waals surface area contributed by atoms with Crippen molar-refractivity contribution in [3.05, 3.63) is 34.6 Å². The highest BCUT2D eigenvalue weighted by Gasteiger charge is 2.22. The van der Waals surface area contributed by atoms with Crippen LogP contribution in [0.15, 0.2) is 18.2 Å². The highest BCUT2D eigenvalue weighted by atomic mass is 35.5. The fraction of sp³-hybridized carbons (Fsp3) is 0.455. The van der Waals surface area contributed by atoms with E-state index in [9.17, 15) is 4.39 Å². The molecule has 0 radical (unpaired) electrons. The second-order valence-corrected chi connectivity index (χ2v) is 4.27. The van der Waals surface area contributed by atoms with Crippen LogP contribution < -0.4 is 5.32 Å². The molecule has 1 atom stereocenters. The molecule has 1 N–H and O–H groups in total. The minimum atomic E-state index is -0.282. The predicted molar refractivity (Wildman–Crippen MR) is 59.7 cm³/mol. The molecular weight excluding hydrogens is 215 g/mol. The first-order valence-electron chi connectivity index (χ1n) is 5.04. The molecule has 1 aromatic rings. The first-order chi connectivity index (χ1) is 7.18. The monoisotopic (exact) mass is 228 g/mol. The van der Waals surface area contributed by atoms with E-state index in [-0.39, 0.29) is 11.9 Å². The van der Waals surface area contributed by atoms with Crippen molar-refractivity contribution < 1.29 is 4.39 Å². The van der Waals surface area contributed by atoms with Gasteiger partial charge >= 0.3 is 0 Å². The minimum absolute atomic E-state index is 0.242. The average Bonchev–Trinajstić information content (AvgIpc) is 2.20. The topological polar surface area (TPSA) is 15.3 Å². The molecule has 0 aromatic heterocycles. The van der Waals surface area contributed by atoms with E-state index in [0.717, 1.165) is 25.2 Å². The maximum atomic E-state index is 12.9. The van der Waals surface area contributed by atoms with Crippen LogP contribution in [0.1, 0.15) is 11.6 Å². The second kappa shape index (κ2) is 4.47. The summed E-state index contributed by atoms with van der Waals surface area (Å²) in [6, 6.07) is 4.85. The first-order valence-corrected chi connectivity index (χ1v) is 5.42. The third-order valence-electron chi connectivity index (χ3n) is 2.83. The van der Waals surface area contributed by atoms with Crippen LogP contribution in [0.25, 0.3) is 0 Å². The third-order valence-corrected chi connectivity index (χ3v) is 3.16. The molecule has 0 amide bonds. The number of piperazine rings is 1. The van der Waals surface area contributed by atoms with Gasteiger partial charge in [-0.2, -0.15) is 0 Å². The summed E-state index contributed by atoms with van der Waals surface area (Å²) in [5.74, 6) is -0.282. The van der Waals surface area contributed by atoms with Crippen LogP contribution in [0, 0.1) is 5.82 Å². The Morgan fingerprint density at radius 3 is 3.00 bits per heavy atom. The number of nitrogens with zero attached hydrogens (tertiary/aromatic N) is 1. The maximum absolute atomic E-state index is 12.9. The van der Waals surface area contributed by atoms with Gasteiger partial charge in [-0.25, -0.2) is 4.39 Å². The zero-order valence-corrected chi connectivity index (χ0v) is 9.39. The average molecular weight is 229 g/mol. The Bertz CT molecular complexity index is 356. The molecule has 1 unspecified atom stereocenters. The van der Waals surface area contributed by atoms with Gasteiger partial charge in [-0.05, 0) is 24.7 Å². The van der Waals surface area contributed by atoms with Crippen LogP contribution in [0.3, 0.4) is 0 Å². The number of benzene rings is 1. The molecule has 1 aliphatic rings. The smallest absolute Gasteiger partial charge is 0.124 e. The number of halogens is 2. The number of hydrogen-bond donors (Lipinski definition) is 1. The molecule has 1 heterocycles. The van der Waals surface area contributed by atoms with E-state index in [0.29, 0.717) is 5.02 Å². The molecule has 1 fully saturated rings. The van der Waals surface area contributed by atoms with Crippen LogP contribution in [0.2, 0.25) is 5.02 Å². The lowest BCUT2D eigenvalue weighted by Gasteiger charge is -2.33. The molecule has 0 saturated carbocycles. The lowest BCUT2D eigenvalue weighted by Crippen LogP contribution is -2.43. The largest absolute Gasteiger partial charge is 0.314 e. The molecule has 2 rings (SSSR count). The molecule has 82 valence electrons. The highest BCUT2D eigenvalue weighted by molar-refractivity contribution is 6.31. The maximum Gasteiger partial charge on any atom is 0.124 e. The molecule has 4 heteroatoms. The van der Waals surface area contributed by atoms with Crippen LogP contribution in [0.5, 0.6) is 0 Å². The Hall–Kier alpha value is -0.640. The summed E-state index contributed by atoms with van der Waals surface area (Å²) in [6.07, 6.45) is 0. The number of hydrogen-bond acceptors (Lipinski definition) is 2. The molecule has 0 aliphatic carbocycles. The molecule has 0 bridgehead atoms. The van der Waals surface area contributed by atoms with Gasteiger partial charge in [0.15, 0.2) is 0 Å². The third kappa shape index (κ3) is 2.30. The molecule has 1 aliphatic heterocycles. The Morgan fingerprint density at radius 1 is 1.53 bits per heavy atom. The fourth-order valence-electron chi connectivity index (χ4n) is 1.93. The molecule has 15 heavy (non-hydrogen) atoms. The van der Waals surface area contributed by atoms with Crippen molar-refractivity contribution in [2.24, 2.45) is 0 Å². The van der Waals surface area contributed by atoms with Crippen molar-refractivity contribution in [2.75, 3.05) is 26.7 Å². The fourth-order valence-corrected chi connectivity index (χ4v) is 2.22. The predicted octanol–water partition coefficient (Wildman–Crippen LogP) is 2.06. The number of likely N-dealkylation sites (N-methyl/N-ethyl adjacent to an activating group) is 1. The van der Waals surface area contributed by atoms with Gasteiger partial charge in [0.1, 0.15) is 5.82 Å². The molecular formula is C11H14ClFN2. The van der Waals surface area contributed by atoms with Gasteiger partial charge in [0.2, 0.25) is 0 Å². The molecule has 1 saturated heterocycles. The number of nitrogens with one attached hydrogen (secondary N) is 1. The lowest BCUT2D eigenvalue weighted by atomic mass is 10.0. The number of rotatable bonds is 1. The Balaban J connectivity index is 2.27. The first kappa shape index (κ1) is 10.9. The van der Waals surface area contributed by atoms with E-state index in [1.807, 2.05) is 0 Å². The van der Waals surface area contributed by atoms with Crippen molar-refractivity contribution in [1.82, 2.24) is 10.2 Å². The van der Waals surface area contributed by atoms with Crippen molar-refractivity contribution in [3.8, 4) is 0 Å². The second-order valence-electron chi connectivity index (χ2n) is 3.87. The Kier molecular flexibility index (Phi) is 3.24. The molecule has 1 aromatic carbocycles. The summed E-state index contributed by atoms with van der Waals surface area (Å²) in [6.45, 7) is 2.84. The van der Waals surface area contributed by atoms with Gasteiger partial charge in [0, 0.05) is 30.7 Å². The van der Waals surface area contributed by atoms with E-state index in [2.05, 4.69) is 17.3 Å². The summed E-state index contributed by atoms with van der Waals surface area (Å²) >= 11 is 6.03. The quantitative estimate of drug-likeness (QED) is 0.792. The summed E-state index contributed by atoms with van der Waals surface area (Å²) < 4.78 is 12.9. The van der Waals surface area contributed by atoms with E-state index in [1.165, 1.54) is 12.1 Å². The summed E-state index contributed by atoms with van der Waals surface area (Å²) in [7, 11) is 2.06. The van der Waals surface area contributed by atoms with Crippen LogP contribution in [-0.4, -0.2) is 31.6 Å². The van der Waals surface area contributed by atoms with E-state index >= 15 is 0 Å². The van der Waals surface area contributed by atoms with Gasteiger partial charge < -0.3 is 5.32 Å². The SMILES string of the molecule is CN1CCNCC1c1ccc(F)cc1Cl. The standard InChI is InChI=1S/C11H14ClFN2/c1-15-5-4-14-7-11(15)9-3-2-8(13)6-10(9)12/h2-3,6,11,14H,4-5,7H2,1H3. The summed E-state index contributed by atoms with van der Waals surface area (Å²) in [5, 5.41) is 3.82. The van der Waals surface area contributed by atoms with E-state index in [4.69, 9.17) is 11.6 Å². The molecule has 0 spiro atoms. The zero-order valence-electron chi connectivity index (χ0n) is 8.63. The minimum Gasteiger partial charge on any atom is -0.314 e.